The number of aromatic nitrogens is 3. The quantitative estimate of drug-likeness (QED) is 0.581. The highest BCUT2D eigenvalue weighted by Crippen LogP contribution is 2.24. The third-order valence-electron chi connectivity index (χ3n) is 4.45. The Bertz CT molecular complexity index is 983. The Kier molecular flexibility index (Phi) is 4.12. The molecule has 0 saturated carbocycles. The normalized spacial score (nSPS) is 12.6. The van der Waals surface area contributed by atoms with Crippen molar-refractivity contribution >= 4 is 10.9 Å². The number of benzene rings is 2. The van der Waals surface area contributed by atoms with Crippen molar-refractivity contribution in [3.63, 3.8) is 0 Å². The number of hydrogen-bond acceptors (Lipinski definition) is 2. The number of hydrogen-bond donors (Lipinski definition) is 2. The molecule has 4 nitrogen and oxygen atoms in total. The minimum atomic E-state index is -0.413. The van der Waals surface area contributed by atoms with Crippen molar-refractivity contribution in [3.8, 4) is 11.3 Å². The monoisotopic (exact) mass is 331 g/mol. The molecule has 2 aromatic heterocycles. The molecule has 1 atom stereocenters. The second-order valence-electron chi connectivity index (χ2n) is 6.49. The molecule has 2 heterocycles. The second-order valence-corrected chi connectivity index (χ2v) is 6.49. The van der Waals surface area contributed by atoms with Crippen molar-refractivity contribution in [2.45, 2.75) is 26.0 Å². The van der Waals surface area contributed by atoms with Gasteiger partial charge >= 0.3 is 0 Å². The lowest BCUT2D eigenvalue weighted by Crippen LogP contribution is -2.11. The van der Waals surface area contributed by atoms with Gasteiger partial charge in [-0.15, -0.1) is 0 Å². The van der Waals surface area contributed by atoms with E-state index >= 15 is 0 Å². The molecule has 0 spiro atoms. The molecular weight excluding hydrogens is 310 g/mol. The lowest BCUT2D eigenvalue weighted by Gasteiger charge is -2.12. The minimum absolute atomic E-state index is 0.413. The summed E-state index contributed by atoms with van der Waals surface area (Å²) in [4.78, 5) is 7.89. The SMILES string of the molecule is CC(O)Cc1c(-c2ccccc2)ncn1Cc1ccc2cc[nH]c2c1. The van der Waals surface area contributed by atoms with Crippen molar-refractivity contribution in [2.24, 2.45) is 0 Å². The third kappa shape index (κ3) is 3.21. The zero-order valence-corrected chi connectivity index (χ0v) is 14.2. The van der Waals surface area contributed by atoms with Crippen LogP contribution in [0.3, 0.4) is 0 Å². The molecule has 4 heteroatoms. The van der Waals surface area contributed by atoms with Gasteiger partial charge in [0.15, 0.2) is 0 Å². The van der Waals surface area contributed by atoms with E-state index in [-0.39, 0.29) is 0 Å². The standard InChI is InChI=1S/C21H21N3O/c1-15(25)11-20-21(18-5-3-2-4-6-18)23-14-24(20)13-16-7-8-17-9-10-22-19(17)12-16/h2-10,12,14-15,22,25H,11,13H2,1H3. The number of nitrogens with zero attached hydrogens (tertiary/aromatic N) is 2. The Labute approximate surface area is 146 Å². The molecule has 126 valence electrons. The maximum atomic E-state index is 9.95. The number of aromatic amines is 1. The van der Waals surface area contributed by atoms with E-state index in [4.69, 9.17) is 0 Å². The van der Waals surface area contributed by atoms with E-state index in [1.165, 1.54) is 10.9 Å². The van der Waals surface area contributed by atoms with Crippen LogP contribution in [0.25, 0.3) is 22.2 Å². The maximum absolute atomic E-state index is 9.95. The number of H-pyrrole nitrogens is 1. The molecule has 0 bridgehead atoms. The van der Waals surface area contributed by atoms with E-state index in [1.54, 1.807) is 0 Å². The van der Waals surface area contributed by atoms with Gasteiger partial charge in [0, 0.05) is 35.9 Å². The average Bonchev–Trinajstić information content (AvgIpc) is 3.22. The van der Waals surface area contributed by atoms with Crippen LogP contribution in [-0.2, 0) is 13.0 Å². The van der Waals surface area contributed by atoms with Crippen LogP contribution in [0.5, 0.6) is 0 Å². The van der Waals surface area contributed by atoms with Crippen LogP contribution in [0.4, 0.5) is 0 Å². The number of imidazole rings is 1. The Balaban J connectivity index is 1.72. The molecule has 0 radical (unpaired) electrons. The van der Waals surface area contributed by atoms with Crippen molar-refractivity contribution in [1.82, 2.24) is 14.5 Å². The van der Waals surface area contributed by atoms with Gasteiger partial charge in [0.2, 0.25) is 0 Å². The summed E-state index contributed by atoms with van der Waals surface area (Å²) in [7, 11) is 0. The van der Waals surface area contributed by atoms with E-state index in [1.807, 2.05) is 37.6 Å². The highest BCUT2D eigenvalue weighted by Gasteiger charge is 2.15. The van der Waals surface area contributed by atoms with Gasteiger partial charge in [0.05, 0.1) is 18.1 Å². The maximum Gasteiger partial charge on any atom is 0.0959 e. The fraction of sp³-hybridized carbons (Fsp3) is 0.190. The van der Waals surface area contributed by atoms with E-state index in [2.05, 4.69) is 50.9 Å². The van der Waals surface area contributed by atoms with E-state index < -0.39 is 6.10 Å². The fourth-order valence-corrected chi connectivity index (χ4v) is 3.26. The number of rotatable bonds is 5. The lowest BCUT2D eigenvalue weighted by molar-refractivity contribution is 0.193. The average molecular weight is 331 g/mol. The van der Waals surface area contributed by atoms with Crippen LogP contribution in [0.1, 0.15) is 18.2 Å². The van der Waals surface area contributed by atoms with Gasteiger partial charge in [-0.25, -0.2) is 4.98 Å². The minimum Gasteiger partial charge on any atom is -0.393 e. The molecule has 4 rings (SSSR count). The van der Waals surface area contributed by atoms with Gasteiger partial charge in [-0.1, -0.05) is 42.5 Å². The summed E-state index contributed by atoms with van der Waals surface area (Å²) in [6.45, 7) is 2.55. The van der Waals surface area contributed by atoms with Gasteiger partial charge in [-0.3, -0.25) is 0 Å². The molecule has 0 aliphatic rings. The molecular formula is C21H21N3O. The van der Waals surface area contributed by atoms with Crippen LogP contribution in [0.2, 0.25) is 0 Å². The van der Waals surface area contributed by atoms with Gasteiger partial charge < -0.3 is 14.7 Å². The van der Waals surface area contributed by atoms with Crippen molar-refractivity contribution in [3.05, 3.63) is 78.4 Å². The zero-order valence-electron chi connectivity index (χ0n) is 14.2. The summed E-state index contributed by atoms with van der Waals surface area (Å²) in [6, 6.07) is 18.7. The van der Waals surface area contributed by atoms with Gasteiger partial charge in [-0.2, -0.15) is 0 Å². The number of aliphatic hydroxyl groups is 1. The molecule has 1 unspecified atom stereocenters. The summed E-state index contributed by atoms with van der Waals surface area (Å²) in [5.41, 5.74) is 5.43. The van der Waals surface area contributed by atoms with Crippen molar-refractivity contribution < 1.29 is 5.11 Å². The number of aliphatic hydroxyl groups excluding tert-OH is 1. The van der Waals surface area contributed by atoms with Gasteiger partial charge in [0.25, 0.3) is 0 Å². The van der Waals surface area contributed by atoms with Crippen molar-refractivity contribution in [2.75, 3.05) is 0 Å². The zero-order chi connectivity index (χ0) is 17.2. The molecule has 0 saturated heterocycles. The number of fused-ring (bicyclic) bond motifs is 1. The first-order valence-electron chi connectivity index (χ1n) is 8.54. The molecule has 0 aliphatic carbocycles. The van der Waals surface area contributed by atoms with Gasteiger partial charge in [-0.05, 0) is 30.0 Å². The lowest BCUT2D eigenvalue weighted by atomic mass is 10.1. The Hall–Kier alpha value is -2.85. The molecule has 0 amide bonds. The molecule has 2 N–H and O–H groups in total. The van der Waals surface area contributed by atoms with E-state index in [9.17, 15) is 5.11 Å². The Morgan fingerprint density at radius 3 is 2.76 bits per heavy atom. The largest absolute Gasteiger partial charge is 0.393 e. The first-order valence-corrected chi connectivity index (χ1v) is 8.54. The highest BCUT2D eigenvalue weighted by molar-refractivity contribution is 5.79. The van der Waals surface area contributed by atoms with Crippen LogP contribution in [0.15, 0.2) is 67.1 Å². The first-order chi connectivity index (χ1) is 12.2. The summed E-state index contributed by atoms with van der Waals surface area (Å²) < 4.78 is 2.14. The molecule has 25 heavy (non-hydrogen) atoms. The Morgan fingerprint density at radius 2 is 1.96 bits per heavy atom. The summed E-state index contributed by atoms with van der Waals surface area (Å²) in [5.74, 6) is 0. The summed E-state index contributed by atoms with van der Waals surface area (Å²) >= 11 is 0. The smallest absolute Gasteiger partial charge is 0.0959 e. The molecule has 2 aromatic carbocycles. The summed E-state index contributed by atoms with van der Waals surface area (Å²) in [6.07, 6.45) is 4.00. The predicted octanol–water partition coefficient (Wildman–Crippen LogP) is 4.00. The van der Waals surface area contributed by atoms with Crippen LogP contribution >= 0.6 is 0 Å². The number of nitrogens with one attached hydrogen (secondary N) is 1. The van der Waals surface area contributed by atoms with Crippen LogP contribution in [-0.4, -0.2) is 25.7 Å². The first kappa shape index (κ1) is 15.7. The second kappa shape index (κ2) is 6.57. The van der Waals surface area contributed by atoms with E-state index in [0.717, 1.165) is 29.0 Å². The van der Waals surface area contributed by atoms with Crippen molar-refractivity contribution in [1.29, 1.82) is 0 Å². The van der Waals surface area contributed by atoms with E-state index in [0.29, 0.717) is 6.42 Å². The fourth-order valence-electron chi connectivity index (χ4n) is 3.26. The molecule has 0 aliphatic heterocycles. The molecule has 4 aromatic rings. The predicted molar refractivity (Wildman–Crippen MR) is 100 cm³/mol. The van der Waals surface area contributed by atoms with Crippen LogP contribution in [0, 0.1) is 0 Å². The topological polar surface area (TPSA) is 53.8 Å². The Morgan fingerprint density at radius 1 is 1.12 bits per heavy atom. The third-order valence-corrected chi connectivity index (χ3v) is 4.45. The highest BCUT2D eigenvalue weighted by atomic mass is 16.3. The van der Waals surface area contributed by atoms with Gasteiger partial charge in [0.1, 0.15) is 0 Å². The summed E-state index contributed by atoms with van der Waals surface area (Å²) in [5, 5.41) is 11.2. The molecule has 0 fully saturated rings. The van der Waals surface area contributed by atoms with Crippen LogP contribution < -0.4 is 0 Å².